The van der Waals surface area contributed by atoms with E-state index in [1.165, 1.54) is 0 Å². The second-order valence-corrected chi connectivity index (χ2v) is 6.40. The highest BCUT2D eigenvalue weighted by molar-refractivity contribution is 6.30. The molecule has 1 saturated carbocycles. The van der Waals surface area contributed by atoms with Crippen LogP contribution < -0.4 is 0 Å². The summed E-state index contributed by atoms with van der Waals surface area (Å²) in [4.78, 5) is 2.12. The maximum absolute atomic E-state index is 9.89. The molecule has 1 heterocycles. The van der Waals surface area contributed by atoms with Gasteiger partial charge in [0.1, 0.15) is 0 Å². The van der Waals surface area contributed by atoms with Crippen LogP contribution in [0.25, 0.3) is 11.5 Å². The Labute approximate surface area is 134 Å². The average molecular weight is 322 g/mol. The third-order valence-electron chi connectivity index (χ3n) is 4.11. The van der Waals surface area contributed by atoms with E-state index in [1.807, 2.05) is 25.2 Å². The van der Waals surface area contributed by atoms with E-state index in [9.17, 15) is 5.11 Å². The van der Waals surface area contributed by atoms with Crippen LogP contribution in [0.4, 0.5) is 0 Å². The molecule has 0 radical (unpaired) electrons. The van der Waals surface area contributed by atoms with Crippen LogP contribution in [0.2, 0.25) is 5.02 Å². The lowest BCUT2D eigenvalue weighted by Crippen LogP contribution is -2.29. The Morgan fingerprint density at radius 1 is 1.36 bits per heavy atom. The number of aliphatic hydroxyl groups excluding tert-OH is 1. The lowest BCUT2D eigenvalue weighted by molar-refractivity contribution is 0.105. The molecule has 2 aromatic rings. The van der Waals surface area contributed by atoms with Gasteiger partial charge in [0, 0.05) is 17.1 Å². The van der Waals surface area contributed by atoms with Crippen LogP contribution in [0, 0.1) is 5.92 Å². The minimum Gasteiger partial charge on any atom is -0.419 e. The van der Waals surface area contributed by atoms with Crippen molar-refractivity contribution in [3.05, 3.63) is 35.2 Å². The SMILES string of the molecule is CN(Cc1nnc(-c2cccc(Cl)c2)o1)CC1CCCC1O. The van der Waals surface area contributed by atoms with Crippen molar-refractivity contribution in [2.45, 2.75) is 31.9 Å². The molecule has 1 N–H and O–H groups in total. The Bertz CT molecular complexity index is 631. The van der Waals surface area contributed by atoms with Gasteiger partial charge in [-0.25, -0.2) is 0 Å². The summed E-state index contributed by atoms with van der Waals surface area (Å²) >= 11 is 5.97. The molecule has 2 unspecified atom stereocenters. The molecule has 3 rings (SSSR count). The topological polar surface area (TPSA) is 62.4 Å². The maximum atomic E-state index is 9.89. The largest absolute Gasteiger partial charge is 0.419 e. The third kappa shape index (κ3) is 3.66. The highest BCUT2D eigenvalue weighted by atomic mass is 35.5. The van der Waals surface area contributed by atoms with Crippen LogP contribution in [0.1, 0.15) is 25.2 Å². The zero-order valence-electron chi connectivity index (χ0n) is 12.6. The van der Waals surface area contributed by atoms with Gasteiger partial charge in [-0.15, -0.1) is 10.2 Å². The number of aromatic nitrogens is 2. The first-order valence-corrected chi connectivity index (χ1v) is 7.94. The van der Waals surface area contributed by atoms with E-state index in [-0.39, 0.29) is 6.10 Å². The van der Waals surface area contributed by atoms with Crippen molar-refractivity contribution in [2.75, 3.05) is 13.6 Å². The number of benzene rings is 1. The van der Waals surface area contributed by atoms with E-state index < -0.39 is 0 Å². The van der Waals surface area contributed by atoms with E-state index in [4.69, 9.17) is 16.0 Å². The van der Waals surface area contributed by atoms with Crippen molar-refractivity contribution < 1.29 is 9.52 Å². The third-order valence-corrected chi connectivity index (χ3v) is 4.34. The fourth-order valence-corrected chi connectivity index (χ4v) is 3.17. The van der Waals surface area contributed by atoms with Crippen molar-refractivity contribution >= 4 is 11.6 Å². The molecule has 5 nitrogen and oxygen atoms in total. The van der Waals surface area contributed by atoms with Crippen LogP contribution in [0.5, 0.6) is 0 Å². The second kappa shape index (κ2) is 6.77. The summed E-state index contributed by atoms with van der Waals surface area (Å²) < 4.78 is 5.70. The molecule has 1 fully saturated rings. The number of rotatable bonds is 5. The van der Waals surface area contributed by atoms with Crippen molar-refractivity contribution in [1.29, 1.82) is 0 Å². The van der Waals surface area contributed by atoms with Gasteiger partial charge in [-0.05, 0) is 44.0 Å². The number of halogens is 1. The molecule has 1 aromatic carbocycles. The lowest BCUT2D eigenvalue weighted by atomic mass is 10.1. The smallest absolute Gasteiger partial charge is 0.247 e. The molecule has 0 bridgehead atoms. The van der Waals surface area contributed by atoms with Crippen LogP contribution >= 0.6 is 11.6 Å². The molecule has 1 aliphatic carbocycles. The monoisotopic (exact) mass is 321 g/mol. The molecule has 22 heavy (non-hydrogen) atoms. The van der Waals surface area contributed by atoms with E-state index in [0.29, 0.717) is 29.3 Å². The second-order valence-electron chi connectivity index (χ2n) is 5.97. The summed E-state index contributed by atoms with van der Waals surface area (Å²) in [5.74, 6) is 1.40. The minimum atomic E-state index is -0.174. The average Bonchev–Trinajstić information content (AvgIpc) is 3.09. The zero-order chi connectivity index (χ0) is 15.5. The fraction of sp³-hybridized carbons (Fsp3) is 0.500. The van der Waals surface area contributed by atoms with Crippen molar-refractivity contribution in [3.63, 3.8) is 0 Å². The summed E-state index contributed by atoms with van der Waals surface area (Å²) in [6.07, 6.45) is 2.94. The summed E-state index contributed by atoms with van der Waals surface area (Å²) in [5.41, 5.74) is 0.820. The number of hydrogen-bond donors (Lipinski definition) is 1. The van der Waals surface area contributed by atoms with Gasteiger partial charge in [0.05, 0.1) is 12.6 Å². The molecular weight excluding hydrogens is 302 g/mol. The molecular formula is C16H20ClN3O2. The molecule has 0 amide bonds. The number of hydrogen-bond acceptors (Lipinski definition) is 5. The van der Waals surface area contributed by atoms with Gasteiger partial charge in [0.15, 0.2) is 0 Å². The first kappa shape index (κ1) is 15.5. The zero-order valence-corrected chi connectivity index (χ0v) is 13.3. The fourth-order valence-electron chi connectivity index (χ4n) is 2.98. The summed E-state index contributed by atoms with van der Waals surface area (Å²) in [6, 6.07) is 7.36. The lowest BCUT2D eigenvalue weighted by Gasteiger charge is -2.21. The van der Waals surface area contributed by atoms with E-state index >= 15 is 0 Å². The normalized spacial score (nSPS) is 21.6. The Morgan fingerprint density at radius 2 is 2.23 bits per heavy atom. The summed E-state index contributed by atoms with van der Waals surface area (Å²) in [7, 11) is 2.01. The van der Waals surface area contributed by atoms with Crippen molar-refractivity contribution in [1.82, 2.24) is 15.1 Å². The Kier molecular flexibility index (Phi) is 4.76. The van der Waals surface area contributed by atoms with E-state index in [0.717, 1.165) is 31.4 Å². The van der Waals surface area contributed by atoms with E-state index in [2.05, 4.69) is 15.1 Å². The predicted octanol–water partition coefficient (Wildman–Crippen LogP) is 2.98. The standard InChI is InChI=1S/C16H20ClN3O2/c1-20(9-12-5-3-7-14(12)21)10-15-18-19-16(22-15)11-4-2-6-13(17)8-11/h2,4,6,8,12,14,21H,3,5,7,9-10H2,1H3. The first-order chi connectivity index (χ1) is 10.6. The van der Waals surface area contributed by atoms with Gasteiger partial charge in [-0.1, -0.05) is 24.1 Å². The Balaban J connectivity index is 1.61. The molecule has 118 valence electrons. The molecule has 0 aliphatic heterocycles. The number of nitrogens with zero attached hydrogens (tertiary/aromatic N) is 3. The first-order valence-electron chi connectivity index (χ1n) is 7.57. The quantitative estimate of drug-likeness (QED) is 0.917. The number of aliphatic hydroxyl groups is 1. The van der Waals surface area contributed by atoms with Gasteiger partial charge in [0.2, 0.25) is 11.8 Å². The highest BCUT2D eigenvalue weighted by Crippen LogP contribution is 2.26. The Morgan fingerprint density at radius 3 is 2.95 bits per heavy atom. The van der Waals surface area contributed by atoms with Gasteiger partial charge in [0.25, 0.3) is 0 Å². The molecule has 6 heteroatoms. The van der Waals surface area contributed by atoms with Crippen molar-refractivity contribution in [2.24, 2.45) is 5.92 Å². The van der Waals surface area contributed by atoms with Crippen LogP contribution in [0.15, 0.2) is 28.7 Å². The van der Waals surface area contributed by atoms with Gasteiger partial charge >= 0.3 is 0 Å². The van der Waals surface area contributed by atoms with Crippen LogP contribution in [-0.2, 0) is 6.54 Å². The highest BCUT2D eigenvalue weighted by Gasteiger charge is 2.26. The van der Waals surface area contributed by atoms with Gasteiger partial charge < -0.3 is 9.52 Å². The maximum Gasteiger partial charge on any atom is 0.247 e. The summed E-state index contributed by atoms with van der Waals surface area (Å²) in [5, 5.41) is 18.7. The van der Waals surface area contributed by atoms with Gasteiger partial charge in [-0.2, -0.15) is 0 Å². The molecule has 1 aromatic heterocycles. The molecule has 2 atom stereocenters. The predicted molar refractivity (Wildman–Crippen MR) is 84.4 cm³/mol. The molecule has 1 aliphatic rings. The van der Waals surface area contributed by atoms with E-state index in [1.54, 1.807) is 6.07 Å². The summed E-state index contributed by atoms with van der Waals surface area (Å²) in [6.45, 7) is 1.42. The molecule has 0 spiro atoms. The van der Waals surface area contributed by atoms with Crippen LogP contribution in [-0.4, -0.2) is 39.9 Å². The minimum absolute atomic E-state index is 0.174. The Hall–Kier alpha value is -1.43. The molecule has 0 saturated heterocycles. The van der Waals surface area contributed by atoms with Gasteiger partial charge in [-0.3, -0.25) is 4.90 Å². The van der Waals surface area contributed by atoms with Crippen molar-refractivity contribution in [3.8, 4) is 11.5 Å². The van der Waals surface area contributed by atoms with Crippen LogP contribution in [0.3, 0.4) is 0 Å².